The van der Waals surface area contributed by atoms with E-state index in [1.807, 2.05) is 18.2 Å². The molecule has 0 unspecified atom stereocenters. The molecule has 0 saturated heterocycles. The van der Waals surface area contributed by atoms with Gasteiger partial charge in [-0.05, 0) is 6.42 Å². The number of aromatic nitrogens is 3. The second-order valence-electron chi connectivity index (χ2n) is 8.75. The Hall–Kier alpha value is -1.97. The molecule has 0 saturated carbocycles. The number of nitrogens with one attached hydrogen (secondary N) is 1. The highest BCUT2D eigenvalue weighted by Gasteiger charge is 2.08. The van der Waals surface area contributed by atoms with Crippen LogP contribution in [0.1, 0.15) is 121 Å². The van der Waals surface area contributed by atoms with Gasteiger partial charge in [-0.25, -0.2) is 0 Å². The van der Waals surface area contributed by atoms with Gasteiger partial charge in [0.05, 0.1) is 11.9 Å². The Kier molecular flexibility index (Phi) is 14.4. The van der Waals surface area contributed by atoms with E-state index in [2.05, 4.69) is 34.5 Å². The maximum absolute atomic E-state index is 4.83. The maximum atomic E-state index is 4.83. The van der Waals surface area contributed by atoms with E-state index in [0.717, 1.165) is 29.9 Å². The summed E-state index contributed by atoms with van der Waals surface area (Å²) in [7, 11) is 0. The lowest BCUT2D eigenvalue weighted by Gasteiger charge is -2.05. The van der Waals surface area contributed by atoms with Gasteiger partial charge in [-0.2, -0.15) is 15.4 Å². The molecule has 0 amide bonds. The van der Waals surface area contributed by atoms with Gasteiger partial charge in [-0.15, -0.1) is 0 Å². The normalized spacial score (nSPS) is 11.8. The van der Waals surface area contributed by atoms with Crippen molar-refractivity contribution >= 4 is 5.71 Å². The van der Waals surface area contributed by atoms with Crippen LogP contribution in [0.4, 0.5) is 0 Å². The average Bonchev–Trinajstić information content (AvgIpc) is 3.33. The second-order valence-corrected chi connectivity index (χ2v) is 8.75. The molecule has 0 fully saturated rings. The fraction of sp³-hybridized carbons (Fsp3) is 0.667. The summed E-state index contributed by atoms with van der Waals surface area (Å²) in [6, 6.07) is 10.3. The first kappa shape index (κ1) is 25.3. The van der Waals surface area contributed by atoms with Crippen LogP contribution < -0.4 is 0 Å². The largest absolute Gasteiger partial charge is 0.282 e. The Balaban J connectivity index is 1.45. The quantitative estimate of drug-likeness (QED) is 0.184. The van der Waals surface area contributed by atoms with Crippen molar-refractivity contribution in [3.8, 4) is 0 Å². The smallest absolute Gasteiger partial charge is 0.131 e. The molecule has 4 nitrogen and oxygen atoms in total. The standard InChI is InChI=1S/C27H44N4/c1-2-3-4-5-6-7-8-9-10-11-12-13-14-15-16-20-23-28-27(26-24-29-31-30-26)25-21-18-17-19-22-25/h17-19,21-22,24H,2-16,20,23H2,1H3,(H,29,30,31). The molecule has 1 aromatic carbocycles. The van der Waals surface area contributed by atoms with E-state index in [1.54, 1.807) is 6.20 Å². The molecule has 0 bridgehead atoms. The summed E-state index contributed by atoms with van der Waals surface area (Å²) in [6.07, 6.45) is 24.0. The van der Waals surface area contributed by atoms with Crippen LogP contribution in [-0.4, -0.2) is 27.7 Å². The van der Waals surface area contributed by atoms with Gasteiger partial charge in [-0.3, -0.25) is 4.99 Å². The van der Waals surface area contributed by atoms with Crippen molar-refractivity contribution in [1.29, 1.82) is 0 Å². The summed E-state index contributed by atoms with van der Waals surface area (Å²) >= 11 is 0. The first-order valence-corrected chi connectivity index (χ1v) is 12.9. The fourth-order valence-corrected chi connectivity index (χ4v) is 4.08. The number of unbranched alkanes of at least 4 members (excludes halogenated alkanes) is 15. The van der Waals surface area contributed by atoms with Crippen LogP contribution >= 0.6 is 0 Å². The molecule has 0 spiro atoms. The zero-order valence-corrected chi connectivity index (χ0v) is 19.8. The monoisotopic (exact) mass is 424 g/mol. The second kappa shape index (κ2) is 17.7. The Morgan fingerprint density at radius 3 is 1.71 bits per heavy atom. The predicted molar refractivity (Wildman–Crippen MR) is 133 cm³/mol. The third-order valence-electron chi connectivity index (χ3n) is 5.99. The number of hydrogen-bond donors (Lipinski definition) is 1. The Morgan fingerprint density at radius 2 is 1.23 bits per heavy atom. The van der Waals surface area contributed by atoms with Gasteiger partial charge in [0, 0.05) is 12.1 Å². The van der Waals surface area contributed by atoms with Crippen LogP contribution in [0.5, 0.6) is 0 Å². The summed E-state index contributed by atoms with van der Waals surface area (Å²) in [5.41, 5.74) is 2.87. The molecule has 0 atom stereocenters. The van der Waals surface area contributed by atoms with Crippen molar-refractivity contribution in [2.45, 2.75) is 110 Å². The zero-order chi connectivity index (χ0) is 21.8. The maximum Gasteiger partial charge on any atom is 0.131 e. The molecule has 0 aliphatic rings. The van der Waals surface area contributed by atoms with E-state index < -0.39 is 0 Å². The highest BCUT2D eigenvalue weighted by atomic mass is 15.3. The van der Waals surface area contributed by atoms with Gasteiger partial charge in [0.2, 0.25) is 0 Å². The molecule has 4 heteroatoms. The Morgan fingerprint density at radius 1 is 0.710 bits per heavy atom. The lowest BCUT2D eigenvalue weighted by Crippen LogP contribution is -2.05. The molecule has 1 heterocycles. The van der Waals surface area contributed by atoms with E-state index in [9.17, 15) is 0 Å². The van der Waals surface area contributed by atoms with Crippen molar-refractivity contribution in [3.05, 3.63) is 47.8 Å². The molecule has 0 aliphatic heterocycles. The lowest BCUT2D eigenvalue weighted by atomic mass is 10.0. The average molecular weight is 425 g/mol. The van der Waals surface area contributed by atoms with Gasteiger partial charge in [0.25, 0.3) is 0 Å². The molecule has 0 radical (unpaired) electrons. The van der Waals surface area contributed by atoms with E-state index in [0.29, 0.717) is 0 Å². The summed E-state index contributed by atoms with van der Waals surface area (Å²) < 4.78 is 0. The Bertz CT molecular complexity index is 664. The third kappa shape index (κ3) is 11.9. The lowest BCUT2D eigenvalue weighted by molar-refractivity contribution is 0.530. The molecule has 172 valence electrons. The van der Waals surface area contributed by atoms with Gasteiger partial charge in [0.1, 0.15) is 5.69 Å². The van der Waals surface area contributed by atoms with Crippen molar-refractivity contribution in [3.63, 3.8) is 0 Å². The topological polar surface area (TPSA) is 53.9 Å². The van der Waals surface area contributed by atoms with Crippen molar-refractivity contribution < 1.29 is 0 Å². The molecule has 2 aromatic rings. The number of benzene rings is 1. The van der Waals surface area contributed by atoms with Gasteiger partial charge < -0.3 is 0 Å². The summed E-state index contributed by atoms with van der Waals surface area (Å²) in [6.45, 7) is 3.15. The van der Waals surface area contributed by atoms with Crippen LogP contribution in [0.2, 0.25) is 0 Å². The number of hydrogen-bond acceptors (Lipinski definition) is 3. The van der Waals surface area contributed by atoms with Crippen molar-refractivity contribution in [2.75, 3.05) is 6.54 Å². The minimum Gasteiger partial charge on any atom is -0.282 e. The van der Waals surface area contributed by atoms with Crippen LogP contribution in [-0.2, 0) is 0 Å². The van der Waals surface area contributed by atoms with Crippen LogP contribution in [0, 0.1) is 0 Å². The zero-order valence-electron chi connectivity index (χ0n) is 19.8. The number of H-pyrrole nitrogens is 1. The molecular formula is C27H44N4. The molecule has 1 N–H and O–H groups in total. The molecule has 31 heavy (non-hydrogen) atoms. The first-order chi connectivity index (χ1) is 15.4. The summed E-state index contributed by atoms with van der Waals surface area (Å²) in [5.74, 6) is 0. The number of aromatic amines is 1. The van der Waals surface area contributed by atoms with Crippen molar-refractivity contribution in [2.24, 2.45) is 4.99 Å². The van der Waals surface area contributed by atoms with Gasteiger partial charge in [-0.1, -0.05) is 134 Å². The molecule has 1 aromatic heterocycles. The number of rotatable bonds is 19. The van der Waals surface area contributed by atoms with Gasteiger partial charge in [0.15, 0.2) is 0 Å². The third-order valence-corrected chi connectivity index (χ3v) is 5.99. The first-order valence-electron chi connectivity index (χ1n) is 12.9. The SMILES string of the molecule is CCCCCCCCCCCCCCCCCCN=C(c1ccccc1)c1cn[nH]n1. The predicted octanol–water partition coefficient (Wildman–Crippen LogP) is 7.90. The van der Waals surface area contributed by atoms with E-state index in [4.69, 9.17) is 4.99 Å². The fourth-order valence-electron chi connectivity index (χ4n) is 4.08. The van der Waals surface area contributed by atoms with Crippen molar-refractivity contribution in [1.82, 2.24) is 15.4 Å². The van der Waals surface area contributed by atoms with Crippen LogP contribution in [0.3, 0.4) is 0 Å². The highest BCUT2D eigenvalue weighted by Crippen LogP contribution is 2.14. The highest BCUT2D eigenvalue weighted by molar-refractivity contribution is 6.11. The van der Waals surface area contributed by atoms with E-state index >= 15 is 0 Å². The van der Waals surface area contributed by atoms with Crippen LogP contribution in [0.25, 0.3) is 0 Å². The molecular weight excluding hydrogens is 380 g/mol. The molecule has 2 rings (SSSR count). The van der Waals surface area contributed by atoms with E-state index in [1.165, 1.54) is 96.3 Å². The molecule has 0 aliphatic carbocycles. The van der Waals surface area contributed by atoms with Gasteiger partial charge >= 0.3 is 0 Å². The minimum atomic E-state index is 0.822. The Labute approximate surface area is 190 Å². The summed E-state index contributed by atoms with van der Waals surface area (Å²) in [4.78, 5) is 4.83. The van der Waals surface area contributed by atoms with Crippen LogP contribution in [0.15, 0.2) is 41.5 Å². The minimum absolute atomic E-state index is 0.822. The van der Waals surface area contributed by atoms with E-state index in [-0.39, 0.29) is 0 Å². The number of nitrogens with zero attached hydrogens (tertiary/aromatic N) is 3. The number of aliphatic imine (C=N–C) groups is 1. The summed E-state index contributed by atoms with van der Waals surface area (Å²) in [5, 5.41) is 10.9.